The first kappa shape index (κ1) is 26.6. The second-order valence-corrected chi connectivity index (χ2v) is 10.2. The van der Waals surface area contributed by atoms with E-state index in [1.165, 1.54) is 12.1 Å². The van der Waals surface area contributed by atoms with Crippen LogP contribution in [0.25, 0.3) is 27.5 Å². The summed E-state index contributed by atoms with van der Waals surface area (Å²) in [6, 6.07) is 15.0. The average molecular weight is 560 g/mol. The maximum Gasteiger partial charge on any atom is 0.416 e. The van der Waals surface area contributed by atoms with Crippen molar-refractivity contribution in [2.45, 2.75) is 31.9 Å². The van der Waals surface area contributed by atoms with Crippen LogP contribution in [-0.2, 0) is 6.18 Å². The van der Waals surface area contributed by atoms with Gasteiger partial charge in [-0.2, -0.15) is 13.2 Å². The molecule has 1 saturated heterocycles. The smallest absolute Gasteiger partial charge is 0.382 e. The molecule has 2 amide bonds. The summed E-state index contributed by atoms with van der Waals surface area (Å²) in [5.41, 5.74) is 9.42. The van der Waals surface area contributed by atoms with E-state index < -0.39 is 17.8 Å². The van der Waals surface area contributed by atoms with Crippen molar-refractivity contribution in [2.24, 2.45) is 0 Å². The van der Waals surface area contributed by atoms with E-state index >= 15 is 0 Å². The first-order valence-corrected chi connectivity index (χ1v) is 13.3. The molecule has 3 aromatic carbocycles. The number of aryl methyl sites for hydroxylation is 1. The van der Waals surface area contributed by atoms with Gasteiger partial charge in [-0.3, -0.25) is 4.40 Å². The number of piperidine rings is 1. The van der Waals surface area contributed by atoms with Gasteiger partial charge in [-0.05, 0) is 56.0 Å². The van der Waals surface area contributed by atoms with Gasteiger partial charge in [-0.15, -0.1) is 0 Å². The van der Waals surface area contributed by atoms with Crippen molar-refractivity contribution in [1.82, 2.24) is 19.7 Å². The number of carbonyl (C=O) groups excluding carboxylic acids is 1. The van der Waals surface area contributed by atoms with E-state index in [0.29, 0.717) is 23.1 Å². The highest BCUT2D eigenvalue weighted by Gasteiger charge is 2.30. The van der Waals surface area contributed by atoms with Crippen molar-refractivity contribution in [3.05, 3.63) is 83.9 Å². The number of nitrogen functional groups attached to an aromatic ring is 1. The second kappa shape index (κ2) is 10.4. The minimum atomic E-state index is -4.51. The van der Waals surface area contributed by atoms with Gasteiger partial charge in [0.25, 0.3) is 0 Å². The van der Waals surface area contributed by atoms with Crippen LogP contribution in [0.3, 0.4) is 0 Å². The Labute approximate surface area is 233 Å². The Bertz CT molecular complexity index is 1770. The Morgan fingerprint density at radius 2 is 1.88 bits per heavy atom. The fourth-order valence-corrected chi connectivity index (χ4v) is 5.59. The zero-order valence-corrected chi connectivity index (χ0v) is 22.2. The topological polar surface area (TPSA) is 109 Å². The highest BCUT2D eigenvalue weighted by atomic mass is 19.4. The molecule has 0 spiro atoms. The fourth-order valence-electron chi connectivity index (χ4n) is 5.59. The molecular weight excluding hydrogens is 531 g/mol. The highest BCUT2D eigenvalue weighted by molar-refractivity contribution is 6.10. The quantitative estimate of drug-likeness (QED) is 0.199. The molecule has 0 radical (unpaired) electrons. The molecule has 1 fully saturated rings. The second-order valence-electron chi connectivity index (χ2n) is 10.2. The summed E-state index contributed by atoms with van der Waals surface area (Å²) in [6.45, 7) is 3.81. The summed E-state index contributed by atoms with van der Waals surface area (Å²) >= 11 is 0. The fraction of sp³-hybridized carbons (Fsp3) is 0.233. The predicted octanol–water partition coefficient (Wildman–Crippen LogP) is 6.57. The van der Waals surface area contributed by atoms with Gasteiger partial charge in [0.15, 0.2) is 0 Å². The molecule has 2 aromatic heterocycles. The first-order chi connectivity index (χ1) is 19.7. The van der Waals surface area contributed by atoms with Gasteiger partial charge in [-0.25, -0.2) is 14.8 Å². The molecule has 1 atom stereocenters. The standard InChI is InChI=1S/C30H28F3N7O/c1-17-37-26(27-28(34)36-16-25(40(17)27)18-6-5-13-35-15-18)23-11-12-24(22-10-3-2-9-21(22)23)39-29(41)38-20-8-4-7-19(14-20)30(31,32)33/h2-4,7-12,14,16,18,35H,5-6,13,15H2,1H3,(H2,34,36)(H2,38,39,41). The Balaban J connectivity index is 1.37. The summed E-state index contributed by atoms with van der Waals surface area (Å²) in [5.74, 6) is 1.47. The van der Waals surface area contributed by atoms with Crippen LogP contribution in [0.5, 0.6) is 0 Å². The van der Waals surface area contributed by atoms with E-state index in [1.54, 1.807) is 6.07 Å². The lowest BCUT2D eigenvalue weighted by Crippen LogP contribution is -2.29. The van der Waals surface area contributed by atoms with Crippen LogP contribution < -0.4 is 21.7 Å². The first-order valence-electron chi connectivity index (χ1n) is 13.3. The normalized spacial score (nSPS) is 15.8. The number of alkyl halides is 3. The number of rotatable bonds is 4. The van der Waals surface area contributed by atoms with E-state index in [1.807, 2.05) is 43.5 Å². The van der Waals surface area contributed by atoms with Crippen LogP contribution in [0, 0.1) is 6.92 Å². The molecule has 0 aliphatic carbocycles. The van der Waals surface area contributed by atoms with Crippen molar-refractivity contribution in [1.29, 1.82) is 0 Å². The summed E-state index contributed by atoms with van der Waals surface area (Å²) in [5, 5.41) is 10.3. The minimum absolute atomic E-state index is 0.0325. The lowest BCUT2D eigenvalue weighted by Gasteiger charge is -2.24. The largest absolute Gasteiger partial charge is 0.416 e. The SMILES string of the molecule is Cc1nc(-c2ccc(NC(=O)Nc3cccc(C(F)(F)F)c3)c3ccccc23)c2c(N)ncc(C3CCCNC3)n12. The lowest BCUT2D eigenvalue weighted by molar-refractivity contribution is -0.137. The third-order valence-corrected chi connectivity index (χ3v) is 7.47. The molecule has 6 rings (SSSR count). The third kappa shape index (κ3) is 5.04. The van der Waals surface area contributed by atoms with E-state index in [4.69, 9.17) is 10.7 Å². The molecule has 0 bridgehead atoms. The maximum absolute atomic E-state index is 13.1. The van der Waals surface area contributed by atoms with E-state index in [0.717, 1.165) is 71.4 Å². The van der Waals surface area contributed by atoms with Gasteiger partial charge in [0.2, 0.25) is 0 Å². The Kier molecular flexibility index (Phi) is 6.74. The van der Waals surface area contributed by atoms with Gasteiger partial charge in [0.1, 0.15) is 22.9 Å². The number of carbonyl (C=O) groups is 1. The van der Waals surface area contributed by atoms with Crippen molar-refractivity contribution in [3.63, 3.8) is 0 Å². The number of nitrogens with zero attached hydrogens (tertiary/aromatic N) is 3. The third-order valence-electron chi connectivity index (χ3n) is 7.47. The van der Waals surface area contributed by atoms with Crippen LogP contribution in [-0.4, -0.2) is 33.5 Å². The highest BCUT2D eigenvalue weighted by Crippen LogP contribution is 2.38. The summed E-state index contributed by atoms with van der Waals surface area (Å²) in [7, 11) is 0. The molecule has 1 aliphatic heterocycles. The number of halogens is 3. The van der Waals surface area contributed by atoms with Gasteiger partial charge < -0.3 is 21.7 Å². The lowest BCUT2D eigenvalue weighted by atomic mass is 9.96. The van der Waals surface area contributed by atoms with E-state index in [-0.39, 0.29) is 5.69 Å². The molecule has 41 heavy (non-hydrogen) atoms. The van der Waals surface area contributed by atoms with Crippen molar-refractivity contribution in [3.8, 4) is 11.3 Å². The molecule has 5 N–H and O–H groups in total. The number of nitrogens with two attached hydrogens (primary N) is 1. The average Bonchev–Trinajstić information content (AvgIpc) is 3.31. The number of hydrogen-bond acceptors (Lipinski definition) is 5. The van der Waals surface area contributed by atoms with E-state index in [2.05, 4.69) is 25.3 Å². The minimum Gasteiger partial charge on any atom is -0.382 e. The predicted molar refractivity (Wildman–Crippen MR) is 154 cm³/mol. The van der Waals surface area contributed by atoms with Crippen LogP contribution in [0.15, 0.2) is 66.9 Å². The number of fused-ring (bicyclic) bond motifs is 2. The molecule has 0 saturated carbocycles. The number of aromatic nitrogens is 3. The van der Waals surface area contributed by atoms with Crippen molar-refractivity contribution >= 4 is 39.5 Å². The van der Waals surface area contributed by atoms with Gasteiger partial charge >= 0.3 is 12.2 Å². The summed E-state index contributed by atoms with van der Waals surface area (Å²) in [4.78, 5) is 22.3. The number of amides is 2. The Morgan fingerprint density at radius 1 is 1.07 bits per heavy atom. The number of benzene rings is 3. The molecule has 8 nitrogen and oxygen atoms in total. The molecule has 1 aliphatic rings. The number of imidazole rings is 1. The van der Waals surface area contributed by atoms with Gasteiger partial charge in [0.05, 0.1) is 11.3 Å². The van der Waals surface area contributed by atoms with E-state index in [9.17, 15) is 18.0 Å². The molecular formula is C30H28F3N7O. The monoisotopic (exact) mass is 559 g/mol. The number of anilines is 3. The van der Waals surface area contributed by atoms with Crippen LogP contribution in [0.1, 0.15) is 35.8 Å². The number of nitrogens with one attached hydrogen (secondary N) is 3. The molecule has 11 heteroatoms. The number of urea groups is 1. The van der Waals surface area contributed by atoms with Gasteiger partial charge in [-0.1, -0.05) is 36.4 Å². The number of hydrogen-bond donors (Lipinski definition) is 4. The summed E-state index contributed by atoms with van der Waals surface area (Å²) < 4.78 is 41.4. The van der Waals surface area contributed by atoms with Gasteiger partial charge in [0, 0.05) is 41.0 Å². The zero-order valence-electron chi connectivity index (χ0n) is 22.2. The van der Waals surface area contributed by atoms with Crippen LogP contribution >= 0.6 is 0 Å². The zero-order chi connectivity index (χ0) is 28.7. The molecule has 1 unspecified atom stereocenters. The maximum atomic E-state index is 13.1. The molecule has 5 aromatic rings. The Hall–Kier alpha value is -4.64. The van der Waals surface area contributed by atoms with Crippen LogP contribution in [0.4, 0.5) is 35.2 Å². The molecule has 3 heterocycles. The summed E-state index contributed by atoms with van der Waals surface area (Å²) in [6.07, 6.45) is -0.542. The van der Waals surface area contributed by atoms with Crippen LogP contribution in [0.2, 0.25) is 0 Å². The van der Waals surface area contributed by atoms with Crippen molar-refractivity contribution < 1.29 is 18.0 Å². The molecule has 210 valence electrons. The van der Waals surface area contributed by atoms with Crippen molar-refractivity contribution in [2.75, 3.05) is 29.5 Å². The Morgan fingerprint density at radius 3 is 2.63 bits per heavy atom.